The van der Waals surface area contributed by atoms with Crippen molar-refractivity contribution in [3.8, 4) is 0 Å². The van der Waals surface area contributed by atoms with Crippen LogP contribution in [0.15, 0.2) is 30.3 Å². The SMILES string of the molecule is CC1C(=O)NC(=O)CN1S(=O)(=O)N(C)Cc1ccccc1. The molecule has 8 heteroatoms. The molecule has 21 heavy (non-hydrogen) atoms. The van der Waals surface area contributed by atoms with Crippen LogP contribution >= 0.6 is 0 Å². The monoisotopic (exact) mass is 311 g/mol. The molecule has 0 saturated carbocycles. The van der Waals surface area contributed by atoms with E-state index in [4.69, 9.17) is 0 Å². The van der Waals surface area contributed by atoms with Crippen LogP contribution in [0.1, 0.15) is 12.5 Å². The van der Waals surface area contributed by atoms with Gasteiger partial charge in [0.15, 0.2) is 0 Å². The molecule has 1 fully saturated rings. The van der Waals surface area contributed by atoms with Gasteiger partial charge in [-0.05, 0) is 12.5 Å². The molecule has 1 unspecified atom stereocenters. The lowest BCUT2D eigenvalue weighted by molar-refractivity contribution is -0.136. The maximum atomic E-state index is 12.5. The third kappa shape index (κ3) is 3.29. The number of piperazine rings is 1. The molecule has 1 aromatic carbocycles. The number of amides is 2. The summed E-state index contributed by atoms with van der Waals surface area (Å²) in [6.45, 7) is 1.27. The van der Waals surface area contributed by atoms with Gasteiger partial charge in [-0.2, -0.15) is 17.0 Å². The second kappa shape index (κ2) is 5.92. The van der Waals surface area contributed by atoms with E-state index in [-0.39, 0.29) is 13.1 Å². The van der Waals surface area contributed by atoms with Crippen LogP contribution in [0.4, 0.5) is 0 Å². The van der Waals surface area contributed by atoms with E-state index in [1.807, 2.05) is 30.3 Å². The third-order valence-corrected chi connectivity index (χ3v) is 5.27. The Kier molecular flexibility index (Phi) is 4.40. The number of carbonyl (C=O) groups excluding carboxylic acids is 2. The van der Waals surface area contributed by atoms with Crippen molar-refractivity contribution in [2.45, 2.75) is 19.5 Å². The molecule has 0 aromatic heterocycles. The number of rotatable bonds is 4. The van der Waals surface area contributed by atoms with Gasteiger partial charge in [-0.25, -0.2) is 0 Å². The summed E-state index contributed by atoms with van der Waals surface area (Å²) in [6, 6.07) is 8.18. The Bertz CT molecular complexity index is 645. The second-order valence-corrected chi connectivity index (χ2v) is 6.87. The molecular weight excluding hydrogens is 294 g/mol. The molecule has 0 bridgehead atoms. The molecule has 2 amide bonds. The highest BCUT2D eigenvalue weighted by atomic mass is 32.2. The van der Waals surface area contributed by atoms with E-state index in [9.17, 15) is 18.0 Å². The van der Waals surface area contributed by atoms with Crippen LogP contribution < -0.4 is 5.32 Å². The molecule has 7 nitrogen and oxygen atoms in total. The van der Waals surface area contributed by atoms with Gasteiger partial charge in [0.1, 0.15) is 6.04 Å². The summed E-state index contributed by atoms with van der Waals surface area (Å²) < 4.78 is 27.1. The van der Waals surface area contributed by atoms with Crippen molar-refractivity contribution >= 4 is 22.0 Å². The summed E-state index contributed by atoms with van der Waals surface area (Å²) >= 11 is 0. The van der Waals surface area contributed by atoms with Crippen molar-refractivity contribution < 1.29 is 18.0 Å². The van der Waals surface area contributed by atoms with Gasteiger partial charge >= 0.3 is 0 Å². The molecule has 0 radical (unpaired) electrons. The van der Waals surface area contributed by atoms with Gasteiger partial charge in [0.2, 0.25) is 11.8 Å². The van der Waals surface area contributed by atoms with Crippen LogP contribution in [0.3, 0.4) is 0 Å². The minimum absolute atomic E-state index is 0.169. The highest BCUT2D eigenvalue weighted by molar-refractivity contribution is 7.86. The molecule has 0 spiro atoms. The topological polar surface area (TPSA) is 86.8 Å². The van der Waals surface area contributed by atoms with Gasteiger partial charge in [-0.3, -0.25) is 14.9 Å². The third-order valence-electron chi connectivity index (χ3n) is 3.31. The molecular formula is C13H17N3O4S. The molecule has 1 aliphatic rings. The van der Waals surface area contributed by atoms with Crippen molar-refractivity contribution in [2.75, 3.05) is 13.6 Å². The maximum Gasteiger partial charge on any atom is 0.283 e. The van der Waals surface area contributed by atoms with Gasteiger partial charge in [-0.15, -0.1) is 0 Å². The minimum Gasteiger partial charge on any atom is -0.294 e. The zero-order valence-corrected chi connectivity index (χ0v) is 12.6. The molecule has 1 heterocycles. The van der Waals surface area contributed by atoms with Gasteiger partial charge in [0.05, 0.1) is 6.54 Å². The molecule has 1 aliphatic heterocycles. The highest BCUT2D eigenvalue weighted by Crippen LogP contribution is 2.16. The van der Waals surface area contributed by atoms with Crippen LogP contribution in [0, 0.1) is 0 Å². The number of hydrogen-bond donors (Lipinski definition) is 1. The summed E-state index contributed by atoms with van der Waals surface area (Å²) in [6.07, 6.45) is 0. The number of benzene rings is 1. The quantitative estimate of drug-likeness (QED) is 0.774. The van der Waals surface area contributed by atoms with Crippen molar-refractivity contribution in [1.82, 2.24) is 13.9 Å². The van der Waals surface area contributed by atoms with E-state index in [1.54, 1.807) is 0 Å². The first-order chi connectivity index (χ1) is 9.82. The average Bonchev–Trinajstić information content (AvgIpc) is 2.43. The smallest absolute Gasteiger partial charge is 0.283 e. The Morgan fingerprint density at radius 1 is 1.29 bits per heavy atom. The van der Waals surface area contributed by atoms with Crippen molar-refractivity contribution in [2.24, 2.45) is 0 Å². The minimum atomic E-state index is -3.89. The molecule has 1 N–H and O–H groups in total. The molecule has 1 saturated heterocycles. The Morgan fingerprint density at radius 2 is 1.90 bits per heavy atom. The fourth-order valence-electron chi connectivity index (χ4n) is 2.07. The Labute approximate surface area is 123 Å². The second-order valence-electron chi connectivity index (χ2n) is 4.88. The van der Waals surface area contributed by atoms with Crippen molar-refractivity contribution in [1.29, 1.82) is 0 Å². The first-order valence-corrected chi connectivity index (χ1v) is 7.83. The number of hydrogen-bond acceptors (Lipinski definition) is 4. The summed E-state index contributed by atoms with van der Waals surface area (Å²) in [5.74, 6) is -1.22. The maximum absolute atomic E-state index is 12.5. The van der Waals surface area contributed by atoms with Crippen molar-refractivity contribution in [3.05, 3.63) is 35.9 Å². The number of nitrogens with one attached hydrogen (secondary N) is 1. The average molecular weight is 311 g/mol. The van der Waals surface area contributed by atoms with Crippen molar-refractivity contribution in [3.63, 3.8) is 0 Å². The first-order valence-electron chi connectivity index (χ1n) is 6.43. The van der Waals surface area contributed by atoms with Gasteiger partial charge in [0.25, 0.3) is 10.2 Å². The van der Waals surface area contributed by atoms with Crippen LogP contribution in [-0.2, 0) is 26.3 Å². The molecule has 1 aromatic rings. The van der Waals surface area contributed by atoms with Crippen LogP contribution in [-0.4, -0.2) is 48.5 Å². The van der Waals surface area contributed by atoms with E-state index in [1.165, 1.54) is 14.0 Å². The van der Waals surface area contributed by atoms with E-state index >= 15 is 0 Å². The first kappa shape index (κ1) is 15.6. The zero-order valence-electron chi connectivity index (χ0n) is 11.8. The van der Waals surface area contributed by atoms with Gasteiger partial charge in [-0.1, -0.05) is 30.3 Å². The Balaban J connectivity index is 2.20. The van der Waals surface area contributed by atoms with E-state index < -0.39 is 28.1 Å². The van der Waals surface area contributed by atoms with Crippen LogP contribution in [0.5, 0.6) is 0 Å². The number of carbonyl (C=O) groups is 2. The predicted octanol–water partition coefficient (Wildman–Crippen LogP) is -0.290. The van der Waals surface area contributed by atoms with E-state index in [0.29, 0.717) is 0 Å². The fraction of sp³-hybridized carbons (Fsp3) is 0.385. The molecule has 114 valence electrons. The number of nitrogens with zero attached hydrogens (tertiary/aromatic N) is 2. The highest BCUT2D eigenvalue weighted by Gasteiger charge is 2.40. The number of imide groups is 1. The fourth-order valence-corrected chi connectivity index (χ4v) is 3.52. The van der Waals surface area contributed by atoms with E-state index in [2.05, 4.69) is 5.32 Å². The van der Waals surface area contributed by atoms with Crippen LogP contribution in [0.25, 0.3) is 0 Å². The van der Waals surface area contributed by atoms with E-state index in [0.717, 1.165) is 14.2 Å². The summed E-state index contributed by atoms with van der Waals surface area (Å²) in [5.41, 5.74) is 0.823. The molecule has 0 aliphatic carbocycles. The Hall–Kier alpha value is -1.77. The lowest BCUT2D eigenvalue weighted by Gasteiger charge is -2.33. The standard InChI is InChI=1S/C13H17N3O4S/c1-10-13(18)14-12(17)9-16(10)21(19,20)15(2)8-11-6-4-3-5-7-11/h3-7,10H,8-9H2,1-2H3,(H,14,17,18). The molecule has 2 rings (SSSR count). The largest absolute Gasteiger partial charge is 0.294 e. The normalized spacial score (nSPS) is 20.6. The zero-order chi connectivity index (χ0) is 15.6. The summed E-state index contributed by atoms with van der Waals surface area (Å²) in [5, 5.41) is 2.12. The summed E-state index contributed by atoms with van der Waals surface area (Å²) in [4.78, 5) is 23.0. The molecule has 1 atom stereocenters. The van der Waals surface area contributed by atoms with Gasteiger partial charge < -0.3 is 0 Å². The Morgan fingerprint density at radius 3 is 2.52 bits per heavy atom. The van der Waals surface area contributed by atoms with Crippen LogP contribution in [0.2, 0.25) is 0 Å². The van der Waals surface area contributed by atoms with Gasteiger partial charge in [0, 0.05) is 13.6 Å². The predicted molar refractivity (Wildman–Crippen MR) is 76.1 cm³/mol. The lowest BCUT2D eigenvalue weighted by Crippen LogP contribution is -2.60. The lowest BCUT2D eigenvalue weighted by atomic mass is 10.2. The summed E-state index contributed by atoms with van der Waals surface area (Å²) in [7, 11) is -2.47.